The zero-order valence-electron chi connectivity index (χ0n) is 10.3. The van der Waals surface area contributed by atoms with Crippen LogP contribution in [0.5, 0.6) is 0 Å². The first-order chi connectivity index (χ1) is 9.10. The van der Waals surface area contributed by atoms with E-state index in [0.29, 0.717) is 38.5 Å². The normalized spacial score (nSPS) is 17.8. The minimum absolute atomic E-state index is 0.171. The third kappa shape index (κ3) is 3.45. The highest BCUT2D eigenvalue weighted by atomic mass is 35.5. The minimum Gasteiger partial charge on any atom is -0.409 e. The molecule has 1 fully saturated rings. The lowest BCUT2D eigenvalue weighted by molar-refractivity contribution is 0.277. The van der Waals surface area contributed by atoms with Gasteiger partial charge in [0.25, 0.3) is 0 Å². The summed E-state index contributed by atoms with van der Waals surface area (Å²) in [6.45, 7) is 3.05. The smallest absolute Gasteiger partial charge is 0.167 e. The molecule has 0 amide bonds. The lowest BCUT2D eigenvalue weighted by Crippen LogP contribution is -2.49. The van der Waals surface area contributed by atoms with Gasteiger partial charge in [-0.1, -0.05) is 16.8 Å². The lowest BCUT2D eigenvalue weighted by Gasteiger charge is -2.35. The first kappa shape index (κ1) is 13.8. The Morgan fingerprint density at radius 2 is 2.16 bits per heavy atom. The molecule has 0 bridgehead atoms. The standard InChI is InChI=1S/C11H15ClFN5O/c12-8-5-9(13)11(15-6-8)18-3-1-17(2-4-18)7-10(14)16-19/h5-6,19H,1-4,7H2,(H2,14,16). The Kier molecular flexibility index (Phi) is 4.39. The van der Waals surface area contributed by atoms with Crippen LogP contribution in [-0.2, 0) is 0 Å². The van der Waals surface area contributed by atoms with Crippen LogP contribution in [0.2, 0.25) is 5.02 Å². The Morgan fingerprint density at radius 1 is 1.47 bits per heavy atom. The van der Waals surface area contributed by atoms with E-state index in [2.05, 4.69) is 10.1 Å². The first-order valence-electron chi connectivity index (χ1n) is 5.85. The highest BCUT2D eigenvalue weighted by Gasteiger charge is 2.21. The monoisotopic (exact) mass is 287 g/mol. The number of oxime groups is 1. The maximum Gasteiger partial charge on any atom is 0.167 e. The van der Waals surface area contributed by atoms with Crippen LogP contribution in [0.1, 0.15) is 0 Å². The number of anilines is 1. The molecule has 0 spiro atoms. The van der Waals surface area contributed by atoms with E-state index in [1.807, 2.05) is 9.80 Å². The molecule has 1 aliphatic heterocycles. The van der Waals surface area contributed by atoms with Crippen molar-refractivity contribution in [3.63, 3.8) is 0 Å². The summed E-state index contributed by atoms with van der Waals surface area (Å²) in [7, 11) is 0. The first-order valence-corrected chi connectivity index (χ1v) is 6.22. The number of hydrogen-bond acceptors (Lipinski definition) is 5. The fourth-order valence-electron chi connectivity index (χ4n) is 2.02. The summed E-state index contributed by atoms with van der Waals surface area (Å²) in [4.78, 5) is 7.90. The Morgan fingerprint density at radius 3 is 2.74 bits per heavy atom. The van der Waals surface area contributed by atoms with Crippen molar-refractivity contribution in [2.45, 2.75) is 0 Å². The van der Waals surface area contributed by atoms with Crippen molar-refractivity contribution in [3.8, 4) is 0 Å². The molecule has 1 aromatic heterocycles. The summed E-state index contributed by atoms with van der Waals surface area (Å²) >= 11 is 5.67. The van der Waals surface area contributed by atoms with Gasteiger partial charge in [-0.05, 0) is 6.07 Å². The maximum absolute atomic E-state index is 13.7. The number of hydrogen-bond donors (Lipinski definition) is 2. The van der Waals surface area contributed by atoms with Gasteiger partial charge in [0.15, 0.2) is 17.5 Å². The van der Waals surface area contributed by atoms with Crippen LogP contribution in [0.4, 0.5) is 10.2 Å². The number of aromatic nitrogens is 1. The van der Waals surface area contributed by atoms with E-state index in [4.69, 9.17) is 22.5 Å². The van der Waals surface area contributed by atoms with Crippen LogP contribution in [0.15, 0.2) is 17.4 Å². The highest BCUT2D eigenvalue weighted by Crippen LogP contribution is 2.20. The predicted octanol–water partition coefficient (Wildman–Crippen LogP) is 0.743. The number of nitrogens with zero attached hydrogens (tertiary/aromatic N) is 4. The summed E-state index contributed by atoms with van der Waals surface area (Å²) < 4.78 is 13.7. The number of nitrogens with two attached hydrogens (primary N) is 1. The Bertz CT molecular complexity index is 476. The van der Waals surface area contributed by atoms with E-state index in [-0.39, 0.29) is 10.9 Å². The third-order valence-corrected chi connectivity index (χ3v) is 3.18. The average molecular weight is 288 g/mol. The van der Waals surface area contributed by atoms with Crippen LogP contribution < -0.4 is 10.6 Å². The molecule has 2 heterocycles. The van der Waals surface area contributed by atoms with Gasteiger partial charge in [0.1, 0.15) is 0 Å². The molecule has 19 heavy (non-hydrogen) atoms. The van der Waals surface area contributed by atoms with Gasteiger partial charge < -0.3 is 15.8 Å². The molecular weight excluding hydrogens is 273 g/mol. The summed E-state index contributed by atoms with van der Waals surface area (Å²) in [5, 5.41) is 11.7. The van der Waals surface area contributed by atoms with E-state index in [0.717, 1.165) is 0 Å². The van der Waals surface area contributed by atoms with Gasteiger partial charge in [0.2, 0.25) is 0 Å². The fraction of sp³-hybridized carbons (Fsp3) is 0.455. The number of rotatable bonds is 3. The van der Waals surface area contributed by atoms with Gasteiger partial charge in [-0.25, -0.2) is 9.37 Å². The van der Waals surface area contributed by atoms with Crippen LogP contribution >= 0.6 is 11.6 Å². The molecule has 6 nitrogen and oxygen atoms in total. The lowest BCUT2D eigenvalue weighted by atomic mass is 10.3. The van der Waals surface area contributed by atoms with Gasteiger partial charge in [0, 0.05) is 32.4 Å². The van der Waals surface area contributed by atoms with Gasteiger partial charge >= 0.3 is 0 Å². The third-order valence-electron chi connectivity index (χ3n) is 2.97. The van der Waals surface area contributed by atoms with Crippen molar-refractivity contribution >= 4 is 23.3 Å². The summed E-state index contributed by atoms with van der Waals surface area (Å²) in [6.07, 6.45) is 1.43. The number of pyridine rings is 1. The SMILES string of the molecule is NC(CN1CCN(c2ncc(Cl)cc2F)CC1)=NO. The van der Waals surface area contributed by atoms with Crippen molar-refractivity contribution in [1.29, 1.82) is 0 Å². The average Bonchev–Trinajstić information content (AvgIpc) is 2.40. The largest absolute Gasteiger partial charge is 0.409 e. The van der Waals surface area contributed by atoms with Crippen molar-refractivity contribution < 1.29 is 9.60 Å². The molecule has 0 radical (unpaired) electrons. The Hall–Kier alpha value is -1.60. The quantitative estimate of drug-likeness (QED) is 0.371. The van der Waals surface area contributed by atoms with Gasteiger partial charge in [-0.3, -0.25) is 4.90 Å². The molecule has 104 valence electrons. The fourth-order valence-corrected chi connectivity index (χ4v) is 2.16. The Balaban J connectivity index is 1.96. The molecule has 3 N–H and O–H groups in total. The molecule has 2 rings (SSSR count). The molecule has 0 saturated carbocycles. The van der Waals surface area contributed by atoms with E-state index >= 15 is 0 Å². The molecule has 1 aliphatic rings. The van der Waals surface area contributed by atoms with Crippen LogP contribution in [-0.4, -0.2) is 53.7 Å². The van der Waals surface area contributed by atoms with Gasteiger partial charge in [0.05, 0.1) is 11.6 Å². The van der Waals surface area contributed by atoms with Gasteiger partial charge in [-0.15, -0.1) is 0 Å². The molecule has 0 unspecified atom stereocenters. The molecule has 8 heteroatoms. The van der Waals surface area contributed by atoms with Gasteiger partial charge in [-0.2, -0.15) is 0 Å². The van der Waals surface area contributed by atoms with Crippen LogP contribution in [0.25, 0.3) is 0 Å². The zero-order chi connectivity index (χ0) is 13.8. The maximum atomic E-state index is 13.7. The van der Waals surface area contributed by atoms with E-state index in [1.54, 1.807) is 0 Å². The van der Waals surface area contributed by atoms with E-state index < -0.39 is 5.82 Å². The number of amidine groups is 1. The number of halogens is 2. The van der Waals surface area contributed by atoms with Crippen LogP contribution in [0.3, 0.4) is 0 Å². The Labute approximate surface area is 115 Å². The molecule has 0 aromatic carbocycles. The molecule has 1 aromatic rings. The van der Waals surface area contributed by atoms with Crippen LogP contribution in [0, 0.1) is 5.82 Å². The number of piperazine rings is 1. The van der Waals surface area contributed by atoms with Crippen molar-refractivity contribution in [2.24, 2.45) is 10.9 Å². The highest BCUT2D eigenvalue weighted by molar-refractivity contribution is 6.30. The van der Waals surface area contributed by atoms with Crippen molar-refractivity contribution in [2.75, 3.05) is 37.6 Å². The summed E-state index contributed by atoms with van der Waals surface area (Å²) in [5.41, 5.74) is 5.45. The predicted molar refractivity (Wildman–Crippen MR) is 71.3 cm³/mol. The molecule has 0 aliphatic carbocycles. The molecule has 1 saturated heterocycles. The van der Waals surface area contributed by atoms with Crippen molar-refractivity contribution in [1.82, 2.24) is 9.88 Å². The second-order valence-electron chi connectivity index (χ2n) is 4.31. The second-order valence-corrected chi connectivity index (χ2v) is 4.75. The summed E-state index contributed by atoms with van der Waals surface area (Å²) in [5.74, 6) is 0.0643. The zero-order valence-corrected chi connectivity index (χ0v) is 11.0. The van der Waals surface area contributed by atoms with E-state index in [9.17, 15) is 4.39 Å². The summed E-state index contributed by atoms with van der Waals surface area (Å²) in [6, 6.07) is 1.26. The van der Waals surface area contributed by atoms with Crippen molar-refractivity contribution in [3.05, 3.63) is 23.1 Å². The molecule has 0 atom stereocenters. The topological polar surface area (TPSA) is 78.0 Å². The molecular formula is C11H15ClFN5O. The minimum atomic E-state index is -0.419. The second kappa shape index (κ2) is 6.03. The van der Waals surface area contributed by atoms with E-state index in [1.165, 1.54) is 12.3 Å².